The number of aromatic nitrogens is 2. The molecule has 0 radical (unpaired) electrons. The highest BCUT2D eigenvalue weighted by atomic mass is 32.1. The van der Waals surface area contributed by atoms with Crippen molar-refractivity contribution in [2.24, 2.45) is 5.73 Å². The normalized spacial score (nSPS) is 12.3. The topological polar surface area (TPSA) is 104 Å². The van der Waals surface area contributed by atoms with E-state index in [1.54, 1.807) is 11.6 Å². The molecule has 1 amide bonds. The van der Waals surface area contributed by atoms with E-state index in [9.17, 15) is 9.90 Å². The fourth-order valence-corrected chi connectivity index (χ4v) is 4.01. The number of hydrogen-bond donors (Lipinski definition) is 4. The predicted molar refractivity (Wildman–Crippen MR) is 112 cm³/mol. The van der Waals surface area contributed by atoms with Crippen molar-refractivity contribution < 1.29 is 9.90 Å². The van der Waals surface area contributed by atoms with Crippen molar-refractivity contribution in [3.63, 3.8) is 0 Å². The molecule has 142 valence electrons. The molecule has 4 aromatic rings. The third-order valence-corrected chi connectivity index (χ3v) is 5.65. The van der Waals surface area contributed by atoms with E-state index in [1.165, 1.54) is 11.3 Å². The van der Waals surface area contributed by atoms with Crippen molar-refractivity contribution in [1.29, 1.82) is 0 Å². The smallest absolute Gasteiger partial charge is 0.284 e. The molecule has 1 unspecified atom stereocenters. The second-order valence-corrected chi connectivity index (χ2v) is 7.53. The molecular formula is C21H20N4O2S. The average Bonchev–Trinajstić information content (AvgIpc) is 3.33. The molecule has 0 aliphatic carbocycles. The number of aryl methyl sites for hydroxylation is 1. The molecule has 2 aromatic heterocycles. The zero-order valence-electron chi connectivity index (χ0n) is 15.5. The molecule has 0 saturated heterocycles. The second kappa shape index (κ2) is 7.20. The van der Waals surface area contributed by atoms with Gasteiger partial charge in [-0.1, -0.05) is 24.3 Å². The van der Waals surface area contributed by atoms with Crippen molar-refractivity contribution in [3.8, 4) is 11.1 Å². The number of amides is 1. The third kappa shape index (κ3) is 3.09. The maximum Gasteiger partial charge on any atom is 0.284 e. The molecule has 5 N–H and O–H groups in total. The zero-order chi connectivity index (χ0) is 19.8. The Morgan fingerprint density at radius 1 is 1.25 bits per heavy atom. The van der Waals surface area contributed by atoms with E-state index in [0.717, 1.165) is 38.8 Å². The Bertz CT molecular complexity index is 1160. The molecule has 7 heteroatoms. The molecule has 0 saturated carbocycles. The Kier molecular flexibility index (Phi) is 4.72. The van der Waals surface area contributed by atoms with Gasteiger partial charge in [0.25, 0.3) is 5.91 Å². The Morgan fingerprint density at radius 2 is 2.07 bits per heavy atom. The van der Waals surface area contributed by atoms with Crippen LogP contribution in [0.5, 0.6) is 0 Å². The monoisotopic (exact) mass is 392 g/mol. The van der Waals surface area contributed by atoms with Crippen LogP contribution in [-0.4, -0.2) is 21.0 Å². The number of hydrogen-bond acceptors (Lipinski definition) is 5. The maximum absolute atomic E-state index is 12.4. The second-order valence-electron chi connectivity index (χ2n) is 6.64. The molecule has 0 aliphatic rings. The van der Waals surface area contributed by atoms with Gasteiger partial charge in [-0.2, -0.15) is 0 Å². The van der Waals surface area contributed by atoms with Crippen LogP contribution in [0, 0.1) is 13.8 Å². The number of aliphatic hydroxyl groups is 1. The maximum atomic E-state index is 12.4. The number of carbonyl (C=O) groups excluding carboxylic acids is 1. The van der Waals surface area contributed by atoms with E-state index in [2.05, 4.69) is 15.3 Å². The van der Waals surface area contributed by atoms with Crippen LogP contribution in [-0.2, 0) is 0 Å². The van der Waals surface area contributed by atoms with Crippen LogP contribution in [0.3, 0.4) is 0 Å². The first kappa shape index (κ1) is 18.4. The molecule has 28 heavy (non-hydrogen) atoms. The molecule has 1 atom stereocenters. The summed E-state index contributed by atoms with van der Waals surface area (Å²) >= 11 is 1.30. The van der Waals surface area contributed by atoms with Crippen LogP contribution in [0.2, 0.25) is 0 Å². The van der Waals surface area contributed by atoms with Crippen LogP contribution in [0.4, 0.5) is 5.69 Å². The van der Waals surface area contributed by atoms with Crippen LogP contribution in [0.1, 0.15) is 32.7 Å². The quantitative estimate of drug-likeness (QED) is 0.392. The van der Waals surface area contributed by atoms with Gasteiger partial charge in [0.05, 0.1) is 5.52 Å². The number of fused-ring (bicyclic) bond motifs is 1. The first-order chi connectivity index (χ1) is 13.5. The highest BCUT2D eigenvalue weighted by Gasteiger charge is 2.17. The summed E-state index contributed by atoms with van der Waals surface area (Å²) < 4.78 is 0. The Balaban J connectivity index is 1.82. The van der Waals surface area contributed by atoms with E-state index < -0.39 is 6.23 Å². The SMILES string of the molecule is Cc1c(NC(=O)c2nccs2)cccc1-c1ccc(C(N)O)c2[nH]cc(C)c12. The Hall–Kier alpha value is -3.00. The summed E-state index contributed by atoms with van der Waals surface area (Å²) in [4.78, 5) is 19.7. The number of H-pyrrole nitrogens is 1. The van der Waals surface area contributed by atoms with Gasteiger partial charge >= 0.3 is 0 Å². The predicted octanol–water partition coefficient (Wildman–Crippen LogP) is 4.11. The lowest BCUT2D eigenvalue weighted by atomic mass is 9.93. The largest absolute Gasteiger partial charge is 0.374 e. The summed E-state index contributed by atoms with van der Waals surface area (Å²) in [5, 5.41) is 16.0. The number of nitrogens with two attached hydrogens (primary N) is 1. The molecule has 2 aromatic carbocycles. The Labute approximate surface area is 166 Å². The van der Waals surface area contributed by atoms with Gasteiger partial charge in [0.1, 0.15) is 6.23 Å². The average molecular weight is 392 g/mol. The van der Waals surface area contributed by atoms with Crippen molar-refractivity contribution in [2.45, 2.75) is 20.1 Å². The first-order valence-electron chi connectivity index (χ1n) is 8.82. The number of carbonyl (C=O) groups is 1. The van der Waals surface area contributed by atoms with Gasteiger partial charge in [-0.3, -0.25) is 4.79 Å². The van der Waals surface area contributed by atoms with Crippen LogP contribution in [0.15, 0.2) is 48.1 Å². The zero-order valence-corrected chi connectivity index (χ0v) is 16.3. The summed E-state index contributed by atoms with van der Waals surface area (Å²) in [5.74, 6) is -0.222. The minimum absolute atomic E-state index is 0.222. The number of benzene rings is 2. The molecule has 4 rings (SSSR count). The minimum atomic E-state index is -1.06. The van der Waals surface area contributed by atoms with Gasteiger partial charge in [-0.05, 0) is 42.2 Å². The summed E-state index contributed by atoms with van der Waals surface area (Å²) in [7, 11) is 0. The van der Waals surface area contributed by atoms with Gasteiger partial charge in [0, 0.05) is 34.4 Å². The molecule has 0 bridgehead atoms. The van der Waals surface area contributed by atoms with Crippen molar-refractivity contribution in [2.75, 3.05) is 5.32 Å². The van der Waals surface area contributed by atoms with E-state index in [1.807, 2.05) is 50.4 Å². The van der Waals surface area contributed by atoms with Gasteiger partial charge in [0.2, 0.25) is 0 Å². The molecular weight excluding hydrogens is 372 g/mol. The van der Waals surface area contributed by atoms with Crippen molar-refractivity contribution >= 4 is 33.8 Å². The highest BCUT2D eigenvalue weighted by molar-refractivity contribution is 7.11. The molecule has 6 nitrogen and oxygen atoms in total. The third-order valence-electron chi connectivity index (χ3n) is 4.88. The molecule has 0 fully saturated rings. The van der Waals surface area contributed by atoms with E-state index in [-0.39, 0.29) is 5.91 Å². The van der Waals surface area contributed by atoms with Gasteiger partial charge in [-0.15, -0.1) is 11.3 Å². The molecule has 0 aliphatic heterocycles. The lowest BCUT2D eigenvalue weighted by molar-refractivity contribution is 0.102. The Morgan fingerprint density at radius 3 is 2.79 bits per heavy atom. The van der Waals surface area contributed by atoms with Crippen LogP contribution < -0.4 is 11.1 Å². The summed E-state index contributed by atoms with van der Waals surface area (Å²) in [6.45, 7) is 3.99. The van der Waals surface area contributed by atoms with Gasteiger partial charge < -0.3 is 21.1 Å². The number of anilines is 1. The number of nitrogens with zero attached hydrogens (tertiary/aromatic N) is 1. The highest BCUT2D eigenvalue weighted by Crippen LogP contribution is 2.37. The van der Waals surface area contributed by atoms with Crippen molar-refractivity contribution in [1.82, 2.24) is 9.97 Å². The standard InChI is InChI=1S/C21H20N4O2S/c1-11-10-24-18-15(19(22)26)7-6-14(17(11)18)13-4-3-5-16(12(13)2)25-20(27)21-23-8-9-28-21/h3-10,19,24,26H,22H2,1-2H3,(H,25,27). The van der Waals surface area contributed by atoms with Crippen molar-refractivity contribution in [3.05, 3.63) is 69.8 Å². The van der Waals surface area contributed by atoms with Gasteiger partial charge in [0.15, 0.2) is 5.01 Å². The number of aliphatic hydroxyl groups excluding tert-OH is 1. The fraction of sp³-hybridized carbons (Fsp3) is 0.143. The summed E-state index contributed by atoms with van der Waals surface area (Å²) in [6.07, 6.45) is 2.46. The van der Waals surface area contributed by atoms with Crippen LogP contribution in [0.25, 0.3) is 22.0 Å². The van der Waals surface area contributed by atoms with E-state index in [0.29, 0.717) is 10.6 Å². The number of rotatable bonds is 4. The molecule has 0 spiro atoms. The van der Waals surface area contributed by atoms with E-state index >= 15 is 0 Å². The van der Waals surface area contributed by atoms with E-state index in [4.69, 9.17) is 5.73 Å². The number of aromatic amines is 1. The minimum Gasteiger partial charge on any atom is -0.374 e. The van der Waals surface area contributed by atoms with Gasteiger partial charge in [-0.25, -0.2) is 4.98 Å². The molecule has 2 heterocycles. The lowest BCUT2D eigenvalue weighted by Gasteiger charge is -2.15. The number of nitrogens with one attached hydrogen (secondary N) is 2. The first-order valence-corrected chi connectivity index (χ1v) is 9.70. The number of thiazole rings is 1. The lowest BCUT2D eigenvalue weighted by Crippen LogP contribution is -2.12. The van der Waals surface area contributed by atoms with Crippen LogP contribution >= 0.6 is 11.3 Å². The summed E-state index contributed by atoms with van der Waals surface area (Å²) in [6, 6.07) is 9.61. The fourth-order valence-electron chi connectivity index (χ4n) is 3.48. The summed E-state index contributed by atoms with van der Waals surface area (Å²) in [5.41, 5.74) is 12.0.